The van der Waals surface area contributed by atoms with Crippen molar-refractivity contribution >= 4 is 39.4 Å². The fourth-order valence-corrected chi connectivity index (χ4v) is 12.0. The number of carbonyl (C=O) groups is 1. The molecule has 2 N–H and O–H groups in total. The molecule has 0 bridgehead atoms. The zero-order valence-corrected chi connectivity index (χ0v) is 48.9. The summed E-state index contributed by atoms with van der Waals surface area (Å²) in [4.78, 5) is 12.5. The molecule has 0 fully saturated rings. The first kappa shape index (κ1) is 57.5. The largest absolute Gasteiger partial charge is 0.497 e. The lowest BCUT2D eigenvalue weighted by Crippen LogP contribution is -2.64. The lowest BCUT2D eigenvalue weighted by Gasteiger charge is -2.52. The van der Waals surface area contributed by atoms with Crippen LogP contribution in [-0.4, -0.2) is 96.3 Å². The topological polar surface area (TPSA) is 114 Å². The second-order valence-electron chi connectivity index (χ2n) is 24.0. The van der Waals surface area contributed by atoms with Gasteiger partial charge in [-0.15, -0.1) is 0 Å². The van der Waals surface area contributed by atoms with Crippen molar-refractivity contribution in [3.63, 3.8) is 0 Å². The third-order valence-corrected chi connectivity index (χ3v) is 33.1. The number of nitrogens with one attached hydrogen (secondary N) is 1. The van der Waals surface area contributed by atoms with Gasteiger partial charge in [0.15, 0.2) is 33.3 Å². The van der Waals surface area contributed by atoms with Crippen molar-refractivity contribution in [2.24, 2.45) is 0 Å². The number of amides is 1. The monoisotopic (exact) mass is 984 g/mol. The van der Waals surface area contributed by atoms with Gasteiger partial charge in [-0.25, -0.2) is 4.79 Å². The van der Waals surface area contributed by atoms with Crippen LogP contribution in [0, 0.1) is 0 Å². The van der Waals surface area contributed by atoms with Crippen LogP contribution in [0.15, 0.2) is 78.9 Å². The Morgan fingerprint density at radius 3 is 1.15 bits per heavy atom. The molecule has 0 spiro atoms. The molecule has 0 saturated heterocycles. The third-order valence-electron chi connectivity index (χ3n) is 15.1. The Morgan fingerprint density at radius 1 is 0.500 bits per heavy atom. The standard InChI is InChI=1S/C52H89NO9Si4/c1-48(2,3)63(15,16)59-43(36-53-47(54)55)45(61-65(19,20)50(7,8)9)46(62-66(21,22)51(10,11)12)44(60-64(17,18)49(4,5)6)37-58-52(38-26-24-23-25-27-38,39-28-32-41(56-13)33-29-39)40-30-34-42(57-14)35-31-40/h23-35,43-46,53H,36-37H2,1-22H3,(H,54,55). The Morgan fingerprint density at radius 2 is 0.818 bits per heavy atom. The minimum absolute atomic E-state index is 0.00217. The maximum Gasteiger partial charge on any atom is 0.404 e. The van der Waals surface area contributed by atoms with Crippen LogP contribution in [0.3, 0.4) is 0 Å². The first-order chi connectivity index (χ1) is 30.0. The van der Waals surface area contributed by atoms with E-state index in [1.807, 2.05) is 42.5 Å². The van der Waals surface area contributed by atoms with Crippen LogP contribution in [0.5, 0.6) is 11.5 Å². The molecule has 0 aliphatic heterocycles. The molecule has 0 saturated carbocycles. The van der Waals surface area contributed by atoms with E-state index in [9.17, 15) is 9.90 Å². The van der Waals surface area contributed by atoms with Crippen LogP contribution in [0.1, 0.15) is 99.8 Å². The van der Waals surface area contributed by atoms with Crippen LogP contribution in [0.25, 0.3) is 0 Å². The summed E-state index contributed by atoms with van der Waals surface area (Å²) in [6, 6.07) is 26.4. The van der Waals surface area contributed by atoms with Crippen LogP contribution in [0.2, 0.25) is 72.5 Å². The first-order valence-corrected chi connectivity index (χ1v) is 35.3. The molecule has 4 atom stereocenters. The van der Waals surface area contributed by atoms with E-state index >= 15 is 0 Å². The second kappa shape index (κ2) is 21.5. The van der Waals surface area contributed by atoms with E-state index in [2.05, 4.69) is 177 Å². The van der Waals surface area contributed by atoms with Gasteiger partial charge >= 0.3 is 6.09 Å². The Balaban J connectivity index is 2.61. The van der Waals surface area contributed by atoms with Crippen molar-refractivity contribution in [2.45, 2.75) is 186 Å². The van der Waals surface area contributed by atoms with E-state index in [4.69, 9.17) is 31.9 Å². The normalized spacial score (nSPS) is 15.7. The molecule has 0 aliphatic carbocycles. The highest BCUT2D eigenvalue weighted by atomic mass is 28.4. The molecule has 0 aliphatic rings. The van der Waals surface area contributed by atoms with Gasteiger partial charge in [0, 0.05) is 6.54 Å². The molecule has 0 heterocycles. The minimum atomic E-state index is -2.70. The summed E-state index contributed by atoms with van der Waals surface area (Å²) in [5.41, 5.74) is 1.55. The molecular weight excluding hydrogens is 895 g/mol. The molecule has 3 aromatic carbocycles. The van der Waals surface area contributed by atoms with E-state index in [1.54, 1.807) is 14.2 Å². The summed E-state index contributed by atoms with van der Waals surface area (Å²) < 4.78 is 49.9. The molecule has 0 radical (unpaired) electrons. The van der Waals surface area contributed by atoms with Crippen molar-refractivity contribution in [1.82, 2.24) is 5.32 Å². The molecular formula is C52H89NO9Si4. The van der Waals surface area contributed by atoms with Gasteiger partial charge in [-0.1, -0.05) is 138 Å². The second-order valence-corrected chi connectivity index (χ2v) is 43.0. The summed E-state index contributed by atoms with van der Waals surface area (Å²) in [7, 11) is -7.31. The molecule has 0 aromatic heterocycles. The summed E-state index contributed by atoms with van der Waals surface area (Å²) in [5, 5.41) is 12.2. The lowest BCUT2D eigenvalue weighted by atomic mass is 9.80. The summed E-state index contributed by atoms with van der Waals surface area (Å²) in [6.07, 6.45) is -4.12. The molecule has 14 heteroatoms. The average Bonchev–Trinajstić information content (AvgIpc) is 3.19. The molecule has 10 nitrogen and oxygen atoms in total. The molecule has 4 unspecified atom stereocenters. The third kappa shape index (κ3) is 13.9. The van der Waals surface area contributed by atoms with Gasteiger partial charge in [0.1, 0.15) is 17.1 Å². The summed E-state index contributed by atoms with van der Waals surface area (Å²) in [6.45, 7) is 44.8. The predicted molar refractivity (Wildman–Crippen MR) is 283 cm³/mol. The van der Waals surface area contributed by atoms with Gasteiger partial charge in [0.2, 0.25) is 0 Å². The van der Waals surface area contributed by atoms with Crippen molar-refractivity contribution in [1.29, 1.82) is 0 Å². The molecule has 3 aromatic rings. The average molecular weight is 985 g/mol. The highest BCUT2D eigenvalue weighted by molar-refractivity contribution is 6.75. The summed E-state index contributed by atoms with van der Waals surface area (Å²) >= 11 is 0. The molecule has 3 rings (SSSR count). The van der Waals surface area contributed by atoms with Crippen LogP contribution in [-0.2, 0) is 28.0 Å². The number of rotatable bonds is 21. The maximum absolute atomic E-state index is 12.5. The van der Waals surface area contributed by atoms with Crippen LogP contribution < -0.4 is 14.8 Å². The number of carboxylic acid groups (broad SMARTS) is 1. The van der Waals surface area contributed by atoms with Gasteiger partial charge in [0.05, 0.1) is 45.2 Å². The van der Waals surface area contributed by atoms with E-state index < -0.39 is 69.4 Å². The molecule has 1 amide bonds. The number of benzene rings is 3. The van der Waals surface area contributed by atoms with Gasteiger partial charge in [0.25, 0.3) is 0 Å². The minimum Gasteiger partial charge on any atom is -0.497 e. The maximum atomic E-state index is 12.5. The van der Waals surface area contributed by atoms with Crippen molar-refractivity contribution in [2.75, 3.05) is 27.4 Å². The Kier molecular flexibility index (Phi) is 18.7. The summed E-state index contributed by atoms with van der Waals surface area (Å²) in [5.74, 6) is 1.46. The van der Waals surface area contributed by atoms with Crippen LogP contribution >= 0.6 is 0 Å². The fraction of sp³-hybridized carbons (Fsp3) is 0.635. The van der Waals surface area contributed by atoms with Crippen LogP contribution in [0.4, 0.5) is 4.79 Å². The number of ether oxygens (including phenoxy) is 3. The van der Waals surface area contributed by atoms with Gasteiger partial charge < -0.3 is 42.3 Å². The van der Waals surface area contributed by atoms with Crippen molar-refractivity contribution < 1.29 is 41.8 Å². The van der Waals surface area contributed by atoms with Gasteiger partial charge in [-0.05, 0) is 113 Å². The van der Waals surface area contributed by atoms with Crippen molar-refractivity contribution in [3.8, 4) is 11.5 Å². The predicted octanol–water partition coefficient (Wildman–Crippen LogP) is 13.8. The zero-order chi connectivity index (χ0) is 50.5. The Labute approximate surface area is 404 Å². The lowest BCUT2D eigenvalue weighted by molar-refractivity contribution is -0.117. The van der Waals surface area contributed by atoms with E-state index in [0.717, 1.165) is 28.2 Å². The van der Waals surface area contributed by atoms with Gasteiger partial charge in [-0.3, -0.25) is 0 Å². The van der Waals surface area contributed by atoms with Gasteiger partial charge in [-0.2, -0.15) is 0 Å². The van der Waals surface area contributed by atoms with Crippen molar-refractivity contribution in [3.05, 3.63) is 95.6 Å². The molecule has 66 heavy (non-hydrogen) atoms. The molecule has 372 valence electrons. The van der Waals surface area contributed by atoms with E-state index in [-0.39, 0.29) is 33.3 Å². The fourth-order valence-electron chi connectivity index (χ4n) is 6.74. The first-order valence-electron chi connectivity index (χ1n) is 23.6. The Hall–Kier alpha value is -2.80. The number of hydrogen-bond donors (Lipinski definition) is 2. The smallest absolute Gasteiger partial charge is 0.404 e. The highest BCUT2D eigenvalue weighted by Crippen LogP contribution is 2.47. The zero-order valence-electron chi connectivity index (χ0n) is 44.9. The quantitative estimate of drug-likeness (QED) is 0.0795. The number of methoxy groups -OCH3 is 2. The van der Waals surface area contributed by atoms with E-state index in [0.29, 0.717) is 0 Å². The Bertz CT molecular complexity index is 1930. The SMILES string of the molecule is COc1ccc(C(OCC(O[Si](C)(C)C(C)(C)C)C(O[Si](C)(C)C(C)(C)C)C(O[Si](C)(C)C(C)(C)C)C(CNC(=O)O)O[Si](C)(C)C(C)(C)C)(c2ccccc2)c2ccc(OC)cc2)cc1. The number of hydrogen-bond acceptors (Lipinski definition) is 8. The van der Waals surface area contributed by atoms with E-state index in [1.165, 1.54) is 0 Å². The highest BCUT2D eigenvalue weighted by Gasteiger charge is 2.54.